The van der Waals surface area contributed by atoms with Crippen molar-refractivity contribution < 1.29 is 4.79 Å². The normalized spacial score (nSPS) is 16.5. The summed E-state index contributed by atoms with van der Waals surface area (Å²) >= 11 is 3.34. The highest BCUT2D eigenvalue weighted by Crippen LogP contribution is 2.27. The number of hydrogen-bond donors (Lipinski definition) is 2. The average molecular weight is 310 g/mol. The molecule has 0 unspecified atom stereocenters. The van der Waals surface area contributed by atoms with Crippen molar-refractivity contribution in [1.82, 2.24) is 0 Å². The summed E-state index contributed by atoms with van der Waals surface area (Å²) in [4.78, 5) is 11.9. The molecular formula is C14H18BrN2O. The quantitative estimate of drug-likeness (QED) is 0.835. The number of nitrogen functional groups attached to an aromatic ring is 1. The van der Waals surface area contributed by atoms with Gasteiger partial charge in [0.2, 0.25) is 5.91 Å². The van der Waals surface area contributed by atoms with Gasteiger partial charge in [0.25, 0.3) is 0 Å². The fraction of sp³-hybridized carbons (Fsp3) is 0.429. The topological polar surface area (TPSA) is 55.1 Å². The second-order valence-electron chi connectivity index (χ2n) is 4.79. The molecule has 0 atom stereocenters. The largest absolute Gasteiger partial charge is 0.397 e. The molecule has 0 saturated heterocycles. The molecule has 1 radical (unpaired) electrons. The lowest BCUT2D eigenvalue weighted by atomic mass is 9.87. The van der Waals surface area contributed by atoms with Gasteiger partial charge in [-0.25, -0.2) is 0 Å². The molecule has 0 aromatic heterocycles. The molecule has 1 aliphatic carbocycles. The van der Waals surface area contributed by atoms with E-state index in [1.165, 1.54) is 19.3 Å². The smallest absolute Gasteiger partial charge is 0.228 e. The Morgan fingerprint density at radius 1 is 1.33 bits per heavy atom. The van der Waals surface area contributed by atoms with Crippen LogP contribution >= 0.6 is 15.9 Å². The van der Waals surface area contributed by atoms with Crippen LogP contribution in [0.1, 0.15) is 32.1 Å². The maximum atomic E-state index is 11.9. The zero-order valence-electron chi connectivity index (χ0n) is 10.3. The summed E-state index contributed by atoms with van der Waals surface area (Å²) in [6.45, 7) is 0. The van der Waals surface area contributed by atoms with Crippen LogP contribution in [0.15, 0.2) is 22.7 Å². The number of carbonyl (C=O) groups is 1. The molecular weight excluding hydrogens is 292 g/mol. The molecule has 2 rings (SSSR count). The molecule has 1 fully saturated rings. The fourth-order valence-corrected chi connectivity index (χ4v) is 2.72. The highest BCUT2D eigenvalue weighted by atomic mass is 79.9. The number of halogens is 1. The minimum atomic E-state index is -0.0454. The standard InChI is InChI=1S/C14H18BrN2O/c15-11-6-7-13(12(16)9-11)17-14(18)8-10-4-2-1-3-5-10/h6-10H,1-5,16H2,(H,17,18). The van der Waals surface area contributed by atoms with Crippen molar-refractivity contribution in [3.05, 3.63) is 29.1 Å². The van der Waals surface area contributed by atoms with Gasteiger partial charge in [-0.15, -0.1) is 0 Å². The van der Waals surface area contributed by atoms with Crippen molar-refractivity contribution in [2.45, 2.75) is 32.1 Å². The lowest BCUT2D eigenvalue weighted by Crippen LogP contribution is -2.19. The number of rotatable bonds is 3. The van der Waals surface area contributed by atoms with Gasteiger partial charge < -0.3 is 11.1 Å². The van der Waals surface area contributed by atoms with E-state index in [0.29, 0.717) is 17.3 Å². The van der Waals surface area contributed by atoms with Gasteiger partial charge in [-0.2, -0.15) is 0 Å². The van der Waals surface area contributed by atoms with Crippen LogP contribution in [0.3, 0.4) is 0 Å². The van der Waals surface area contributed by atoms with E-state index in [0.717, 1.165) is 17.3 Å². The predicted molar refractivity (Wildman–Crippen MR) is 78.1 cm³/mol. The van der Waals surface area contributed by atoms with E-state index < -0.39 is 0 Å². The Hall–Kier alpha value is -1.03. The summed E-state index contributed by atoms with van der Waals surface area (Å²) in [5, 5.41) is 2.84. The van der Waals surface area contributed by atoms with E-state index in [9.17, 15) is 4.79 Å². The summed E-state index contributed by atoms with van der Waals surface area (Å²) in [5.41, 5.74) is 7.10. The van der Waals surface area contributed by atoms with Crippen molar-refractivity contribution in [3.63, 3.8) is 0 Å². The highest BCUT2D eigenvalue weighted by Gasteiger charge is 2.17. The molecule has 3 nitrogen and oxygen atoms in total. The van der Waals surface area contributed by atoms with Gasteiger partial charge >= 0.3 is 0 Å². The molecule has 0 aliphatic heterocycles. The van der Waals surface area contributed by atoms with Crippen molar-refractivity contribution in [1.29, 1.82) is 0 Å². The zero-order chi connectivity index (χ0) is 13.0. The molecule has 4 heteroatoms. The lowest BCUT2D eigenvalue weighted by molar-refractivity contribution is -0.113. The lowest BCUT2D eigenvalue weighted by Gasteiger charge is -2.20. The maximum absolute atomic E-state index is 11.9. The molecule has 1 aromatic carbocycles. The predicted octanol–water partition coefficient (Wildman–Crippen LogP) is 3.75. The molecule has 1 saturated carbocycles. The molecule has 3 N–H and O–H groups in total. The molecule has 0 heterocycles. The third-order valence-electron chi connectivity index (χ3n) is 3.31. The third kappa shape index (κ3) is 3.73. The van der Waals surface area contributed by atoms with Gasteiger partial charge in [0.1, 0.15) is 0 Å². The van der Waals surface area contributed by atoms with Crippen LogP contribution in [0.5, 0.6) is 0 Å². The number of amides is 1. The van der Waals surface area contributed by atoms with E-state index in [2.05, 4.69) is 21.2 Å². The first-order valence-corrected chi connectivity index (χ1v) is 7.15. The van der Waals surface area contributed by atoms with Gasteiger partial charge in [0.15, 0.2) is 0 Å². The Balaban J connectivity index is 1.90. The zero-order valence-corrected chi connectivity index (χ0v) is 11.9. The molecule has 18 heavy (non-hydrogen) atoms. The third-order valence-corrected chi connectivity index (χ3v) is 3.80. The molecule has 0 spiro atoms. The second-order valence-corrected chi connectivity index (χ2v) is 5.70. The summed E-state index contributed by atoms with van der Waals surface area (Å²) in [7, 11) is 0. The summed E-state index contributed by atoms with van der Waals surface area (Å²) in [6, 6.07) is 5.47. The number of benzene rings is 1. The first-order chi connectivity index (χ1) is 8.65. The van der Waals surface area contributed by atoms with E-state index in [4.69, 9.17) is 5.73 Å². The molecule has 1 aliphatic rings. The van der Waals surface area contributed by atoms with E-state index in [1.807, 2.05) is 12.1 Å². The van der Waals surface area contributed by atoms with Gasteiger partial charge in [0.05, 0.1) is 17.8 Å². The van der Waals surface area contributed by atoms with Crippen molar-refractivity contribution in [3.8, 4) is 0 Å². The minimum Gasteiger partial charge on any atom is -0.397 e. The van der Waals surface area contributed by atoms with Gasteiger partial charge in [-0.3, -0.25) is 4.79 Å². The van der Waals surface area contributed by atoms with Crippen molar-refractivity contribution in [2.75, 3.05) is 11.1 Å². The number of carbonyl (C=O) groups excluding carboxylic acids is 1. The first kappa shape index (κ1) is 13.4. The minimum absolute atomic E-state index is 0.0454. The summed E-state index contributed by atoms with van der Waals surface area (Å²) in [5.74, 6) is 0.381. The second kappa shape index (κ2) is 6.23. The average Bonchev–Trinajstić information content (AvgIpc) is 2.34. The fourth-order valence-electron chi connectivity index (χ4n) is 2.34. The van der Waals surface area contributed by atoms with Crippen LogP contribution in [0, 0.1) is 12.3 Å². The van der Waals surface area contributed by atoms with Gasteiger partial charge in [0, 0.05) is 4.47 Å². The van der Waals surface area contributed by atoms with Crippen molar-refractivity contribution in [2.24, 2.45) is 5.92 Å². The van der Waals surface area contributed by atoms with Gasteiger partial charge in [-0.05, 0) is 37.0 Å². The van der Waals surface area contributed by atoms with E-state index in [-0.39, 0.29) is 5.91 Å². The first-order valence-electron chi connectivity index (χ1n) is 6.36. The molecule has 97 valence electrons. The number of anilines is 2. The number of nitrogens with one attached hydrogen (secondary N) is 1. The van der Waals surface area contributed by atoms with Crippen molar-refractivity contribution >= 4 is 33.2 Å². The van der Waals surface area contributed by atoms with E-state index >= 15 is 0 Å². The van der Waals surface area contributed by atoms with E-state index in [1.54, 1.807) is 12.5 Å². The Morgan fingerprint density at radius 3 is 2.72 bits per heavy atom. The Bertz CT molecular complexity index is 428. The Kier molecular flexibility index (Phi) is 4.64. The van der Waals surface area contributed by atoms with Crippen LogP contribution in [0.2, 0.25) is 0 Å². The molecule has 0 bridgehead atoms. The highest BCUT2D eigenvalue weighted by molar-refractivity contribution is 9.10. The number of hydrogen-bond acceptors (Lipinski definition) is 2. The summed E-state index contributed by atoms with van der Waals surface area (Å²) in [6.07, 6.45) is 7.82. The molecule has 1 amide bonds. The molecule has 1 aromatic rings. The monoisotopic (exact) mass is 309 g/mol. The van der Waals surface area contributed by atoms with Crippen LogP contribution in [-0.4, -0.2) is 5.91 Å². The van der Waals surface area contributed by atoms with Crippen LogP contribution in [0.4, 0.5) is 11.4 Å². The number of nitrogens with two attached hydrogens (primary N) is 1. The SMILES string of the molecule is Nc1cc(Br)ccc1NC(=O)[CH]C1CCCCC1. The Morgan fingerprint density at radius 2 is 2.06 bits per heavy atom. The maximum Gasteiger partial charge on any atom is 0.228 e. The van der Waals surface area contributed by atoms with Crippen LogP contribution < -0.4 is 11.1 Å². The van der Waals surface area contributed by atoms with Gasteiger partial charge in [-0.1, -0.05) is 35.2 Å². The van der Waals surface area contributed by atoms with Crippen LogP contribution in [-0.2, 0) is 4.79 Å². The Labute approximate surface area is 116 Å². The summed E-state index contributed by atoms with van der Waals surface area (Å²) < 4.78 is 0.911. The van der Waals surface area contributed by atoms with Crippen LogP contribution in [0.25, 0.3) is 0 Å².